The van der Waals surface area contributed by atoms with Gasteiger partial charge in [0.1, 0.15) is 0 Å². The van der Waals surface area contributed by atoms with Crippen molar-refractivity contribution in [2.45, 2.75) is 31.3 Å². The Balaban J connectivity index is 1.60. The molecule has 2 fully saturated rings. The van der Waals surface area contributed by atoms with Gasteiger partial charge < -0.3 is 14.7 Å². The topological polar surface area (TPSA) is 84.7 Å². The first-order valence-corrected chi connectivity index (χ1v) is 8.89. The van der Waals surface area contributed by atoms with Crippen molar-refractivity contribution in [1.29, 1.82) is 0 Å². The van der Waals surface area contributed by atoms with E-state index in [2.05, 4.69) is 5.10 Å². The van der Waals surface area contributed by atoms with E-state index in [1.165, 1.54) is 0 Å². The molecule has 0 bridgehead atoms. The number of hydrogen-bond donors (Lipinski definition) is 1. The molecular weight excluding hydrogens is 334 g/mol. The summed E-state index contributed by atoms with van der Waals surface area (Å²) in [6.07, 6.45) is 3.21. The molecule has 1 saturated carbocycles. The van der Waals surface area contributed by atoms with Crippen LogP contribution >= 0.6 is 0 Å². The molecule has 1 amide bonds. The third kappa shape index (κ3) is 3.35. The molecule has 7 nitrogen and oxygen atoms in total. The Kier molecular flexibility index (Phi) is 4.46. The number of carboxylic acid groups (broad SMARTS) is 1. The Morgan fingerprint density at radius 2 is 2.00 bits per heavy atom. The molecular formula is C19H21N3O4. The molecule has 1 aliphatic heterocycles. The van der Waals surface area contributed by atoms with Gasteiger partial charge in [0, 0.05) is 19.0 Å². The minimum Gasteiger partial charge on any atom is -0.481 e. The van der Waals surface area contributed by atoms with Gasteiger partial charge >= 0.3 is 5.97 Å². The Morgan fingerprint density at radius 1 is 1.23 bits per heavy atom. The smallest absolute Gasteiger partial charge is 0.306 e. The van der Waals surface area contributed by atoms with Gasteiger partial charge in [-0.1, -0.05) is 18.2 Å². The van der Waals surface area contributed by atoms with E-state index in [0.29, 0.717) is 31.2 Å². The lowest BCUT2D eigenvalue weighted by Gasteiger charge is -2.32. The van der Waals surface area contributed by atoms with Crippen molar-refractivity contribution in [3.63, 3.8) is 0 Å². The molecule has 2 aromatic rings. The van der Waals surface area contributed by atoms with Crippen molar-refractivity contribution < 1.29 is 19.4 Å². The van der Waals surface area contributed by atoms with Crippen LogP contribution in [-0.2, 0) is 9.53 Å². The number of nitrogens with zero attached hydrogens (tertiary/aromatic N) is 3. The first-order valence-electron chi connectivity index (χ1n) is 8.89. The summed E-state index contributed by atoms with van der Waals surface area (Å²) >= 11 is 0. The first kappa shape index (κ1) is 16.8. The van der Waals surface area contributed by atoms with Crippen molar-refractivity contribution in [3.8, 4) is 5.69 Å². The zero-order chi connectivity index (χ0) is 18.1. The van der Waals surface area contributed by atoms with Gasteiger partial charge in [-0.25, -0.2) is 4.68 Å². The number of rotatable bonds is 5. The Bertz CT molecular complexity index is 813. The molecule has 0 spiro atoms. The van der Waals surface area contributed by atoms with E-state index in [1.54, 1.807) is 11.1 Å². The number of benzene rings is 1. The van der Waals surface area contributed by atoms with Gasteiger partial charge in [0.05, 0.1) is 42.3 Å². The molecule has 1 saturated heterocycles. The number of para-hydroxylation sites is 1. The van der Waals surface area contributed by atoms with Crippen molar-refractivity contribution in [1.82, 2.24) is 14.7 Å². The molecule has 1 unspecified atom stereocenters. The van der Waals surface area contributed by atoms with Gasteiger partial charge in [-0.05, 0) is 25.0 Å². The molecule has 26 heavy (non-hydrogen) atoms. The molecule has 4 rings (SSSR count). The Hall–Kier alpha value is -2.67. The minimum atomic E-state index is -0.917. The largest absolute Gasteiger partial charge is 0.481 e. The van der Waals surface area contributed by atoms with Gasteiger partial charge in [-0.15, -0.1) is 0 Å². The van der Waals surface area contributed by atoms with Gasteiger partial charge in [0.15, 0.2) is 0 Å². The molecule has 2 heterocycles. The normalized spacial score (nSPS) is 20.2. The van der Waals surface area contributed by atoms with E-state index in [4.69, 9.17) is 9.84 Å². The van der Waals surface area contributed by atoms with E-state index in [9.17, 15) is 9.59 Å². The second-order valence-corrected chi connectivity index (χ2v) is 6.81. The number of aliphatic carboxylic acids is 1. The summed E-state index contributed by atoms with van der Waals surface area (Å²) in [5, 5.41) is 13.4. The number of amides is 1. The Morgan fingerprint density at radius 3 is 2.69 bits per heavy atom. The molecule has 1 aromatic carbocycles. The number of ether oxygens (including phenoxy) is 1. The molecule has 1 aromatic heterocycles. The number of aromatic nitrogens is 2. The molecule has 7 heteroatoms. The maximum atomic E-state index is 13.1. The average Bonchev–Trinajstić information content (AvgIpc) is 3.39. The van der Waals surface area contributed by atoms with Crippen LogP contribution in [0.4, 0.5) is 0 Å². The number of carbonyl (C=O) groups excluding carboxylic acids is 1. The average molecular weight is 355 g/mol. The highest BCUT2D eigenvalue weighted by Crippen LogP contribution is 2.42. The van der Waals surface area contributed by atoms with E-state index in [1.807, 2.05) is 35.0 Å². The van der Waals surface area contributed by atoms with Crippen molar-refractivity contribution in [2.75, 3.05) is 19.7 Å². The minimum absolute atomic E-state index is 0.0900. The van der Waals surface area contributed by atoms with Crippen LogP contribution in [0.15, 0.2) is 36.5 Å². The second kappa shape index (κ2) is 6.92. The number of carboxylic acids is 1. The fourth-order valence-corrected chi connectivity index (χ4v) is 3.44. The maximum Gasteiger partial charge on any atom is 0.306 e. The van der Waals surface area contributed by atoms with Crippen LogP contribution in [0.1, 0.15) is 41.2 Å². The maximum absolute atomic E-state index is 13.1. The van der Waals surface area contributed by atoms with Crippen molar-refractivity contribution in [2.24, 2.45) is 0 Å². The predicted molar refractivity (Wildman–Crippen MR) is 93.4 cm³/mol. The zero-order valence-corrected chi connectivity index (χ0v) is 14.4. The third-order valence-corrected chi connectivity index (χ3v) is 4.83. The van der Waals surface area contributed by atoms with Crippen molar-refractivity contribution >= 4 is 11.9 Å². The lowest BCUT2D eigenvalue weighted by Crippen LogP contribution is -2.46. The van der Waals surface area contributed by atoms with Gasteiger partial charge in [0.2, 0.25) is 0 Å². The first-order chi connectivity index (χ1) is 12.6. The molecule has 1 atom stereocenters. The lowest BCUT2D eigenvalue weighted by molar-refractivity contribution is -0.141. The van der Waals surface area contributed by atoms with Crippen LogP contribution in [0.25, 0.3) is 5.69 Å². The van der Waals surface area contributed by atoms with Gasteiger partial charge in [-0.2, -0.15) is 5.10 Å². The monoisotopic (exact) mass is 355 g/mol. The fourth-order valence-electron chi connectivity index (χ4n) is 3.44. The number of carbonyl (C=O) groups is 2. The SMILES string of the molecule is O=C(O)CC1CN(C(=O)c2cnn(-c3ccccc3)c2C2CC2)CCO1. The van der Waals surface area contributed by atoms with E-state index >= 15 is 0 Å². The summed E-state index contributed by atoms with van der Waals surface area (Å²) in [5.74, 6) is -0.653. The third-order valence-electron chi connectivity index (χ3n) is 4.83. The fraction of sp³-hybridized carbons (Fsp3) is 0.421. The predicted octanol–water partition coefficient (Wildman–Crippen LogP) is 2.07. The molecule has 0 radical (unpaired) electrons. The standard InChI is InChI=1S/C19H21N3O4/c23-17(24)10-15-12-21(8-9-26-15)19(25)16-11-20-22(18(16)13-6-7-13)14-4-2-1-3-5-14/h1-5,11,13,15H,6-10,12H2,(H,23,24). The van der Waals surface area contributed by atoms with Crippen LogP contribution in [0.5, 0.6) is 0 Å². The van der Waals surface area contributed by atoms with Gasteiger partial charge in [-0.3, -0.25) is 9.59 Å². The molecule has 2 aliphatic rings. The highest BCUT2D eigenvalue weighted by molar-refractivity contribution is 5.95. The second-order valence-electron chi connectivity index (χ2n) is 6.81. The quantitative estimate of drug-likeness (QED) is 0.887. The molecule has 136 valence electrons. The van der Waals surface area contributed by atoms with E-state index < -0.39 is 12.1 Å². The van der Waals surface area contributed by atoms with Gasteiger partial charge in [0.25, 0.3) is 5.91 Å². The lowest BCUT2D eigenvalue weighted by atomic mass is 10.1. The Labute approximate surface area is 151 Å². The zero-order valence-electron chi connectivity index (χ0n) is 14.4. The summed E-state index contributed by atoms with van der Waals surface area (Å²) in [7, 11) is 0. The number of morpholine rings is 1. The summed E-state index contributed by atoms with van der Waals surface area (Å²) < 4.78 is 7.34. The molecule has 1 N–H and O–H groups in total. The van der Waals surface area contributed by atoms with E-state index in [-0.39, 0.29) is 12.3 Å². The molecule has 1 aliphatic carbocycles. The highest BCUT2D eigenvalue weighted by Gasteiger charge is 2.35. The van der Waals surface area contributed by atoms with Crippen molar-refractivity contribution in [3.05, 3.63) is 47.8 Å². The summed E-state index contributed by atoms with van der Waals surface area (Å²) in [6.45, 7) is 1.12. The summed E-state index contributed by atoms with van der Waals surface area (Å²) in [4.78, 5) is 25.7. The van der Waals surface area contributed by atoms with Crippen LogP contribution in [0.3, 0.4) is 0 Å². The van der Waals surface area contributed by atoms with Crippen LogP contribution in [0.2, 0.25) is 0 Å². The van der Waals surface area contributed by atoms with E-state index in [0.717, 1.165) is 24.2 Å². The van der Waals surface area contributed by atoms with Crippen LogP contribution in [-0.4, -0.2) is 57.5 Å². The summed E-state index contributed by atoms with van der Waals surface area (Å²) in [6, 6.07) is 9.81. The highest BCUT2D eigenvalue weighted by atomic mass is 16.5. The van der Waals surface area contributed by atoms with Crippen LogP contribution < -0.4 is 0 Å². The number of hydrogen-bond acceptors (Lipinski definition) is 4. The summed E-state index contributed by atoms with van der Waals surface area (Å²) in [5.41, 5.74) is 2.52. The van der Waals surface area contributed by atoms with Crippen LogP contribution in [0, 0.1) is 0 Å².